The van der Waals surface area contributed by atoms with Gasteiger partial charge in [-0.3, -0.25) is 4.89 Å². The van der Waals surface area contributed by atoms with E-state index < -0.39 is 17.2 Å². The van der Waals surface area contributed by atoms with E-state index in [9.17, 15) is 9.18 Å². The Morgan fingerprint density at radius 2 is 2.08 bits per heavy atom. The van der Waals surface area contributed by atoms with Gasteiger partial charge in [-0.25, -0.2) is 14.2 Å². The Balaban J connectivity index is 1.41. The number of fused-ring (bicyclic) bond motifs is 1. The van der Waals surface area contributed by atoms with E-state index >= 15 is 0 Å². The molecule has 3 heterocycles. The quantitative estimate of drug-likeness (QED) is 0.185. The fraction of sp³-hybridized carbons (Fsp3) is 0.333. The summed E-state index contributed by atoms with van der Waals surface area (Å²) in [5.74, 6) is 1.95. The van der Waals surface area contributed by atoms with Crippen LogP contribution in [-0.2, 0) is 33.1 Å². The number of aryl methyl sites for hydroxylation is 1. The van der Waals surface area contributed by atoms with Crippen LogP contribution < -0.4 is 4.74 Å². The minimum Gasteiger partial charge on any atom is -0.496 e. The van der Waals surface area contributed by atoms with Crippen molar-refractivity contribution in [1.29, 1.82) is 0 Å². The van der Waals surface area contributed by atoms with Gasteiger partial charge in [-0.05, 0) is 55.2 Å². The highest BCUT2D eigenvalue weighted by atomic mass is 79.9. The summed E-state index contributed by atoms with van der Waals surface area (Å²) in [4.78, 5) is 28.0. The fourth-order valence-electron chi connectivity index (χ4n) is 4.81. The lowest BCUT2D eigenvalue weighted by molar-refractivity contribution is -0.286. The highest BCUT2D eigenvalue weighted by Crippen LogP contribution is 2.40. The van der Waals surface area contributed by atoms with Crippen LogP contribution in [0, 0.1) is 12.7 Å². The molecule has 0 saturated heterocycles. The maximum atomic E-state index is 13.6. The molecule has 2 aromatic heterocycles. The third-order valence-electron chi connectivity index (χ3n) is 6.86. The Labute approximate surface area is 227 Å². The summed E-state index contributed by atoms with van der Waals surface area (Å²) < 4.78 is 27.5. The van der Waals surface area contributed by atoms with Gasteiger partial charge in [0, 0.05) is 23.5 Å². The Morgan fingerprint density at radius 3 is 2.82 bits per heavy atom. The predicted molar refractivity (Wildman–Crippen MR) is 138 cm³/mol. The van der Waals surface area contributed by atoms with Crippen LogP contribution in [0.1, 0.15) is 43.5 Å². The number of nitrogens with zero attached hydrogens (tertiary/aromatic N) is 4. The summed E-state index contributed by atoms with van der Waals surface area (Å²) in [5.41, 5.74) is 1.05. The van der Waals surface area contributed by atoms with Crippen LogP contribution in [0.3, 0.4) is 0 Å². The SMILES string of the molecule is CCC1(C(=O)OOCc2cc(F)ccc2Br)CCCn2c(-c3ccc(-c4cnc(C)o4)c(OC)c3)nnc21. The summed E-state index contributed by atoms with van der Waals surface area (Å²) in [6.07, 6.45) is 3.37. The van der Waals surface area contributed by atoms with Crippen LogP contribution in [0.25, 0.3) is 22.7 Å². The van der Waals surface area contributed by atoms with Gasteiger partial charge in [-0.1, -0.05) is 28.9 Å². The number of rotatable bonds is 8. The second-order valence-corrected chi connectivity index (χ2v) is 9.92. The highest BCUT2D eigenvalue weighted by Gasteiger charge is 2.47. The minimum absolute atomic E-state index is 0.0985. The van der Waals surface area contributed by atoms with Crippen molar-refractivity contribution < 1.29 is 28.1 Å². The molecule has 1 atom stereocenters. The van der Waals surface area contributed by atoms with Gasteiger partial charge in [0.25, 0.3) is 0 Å². The lowest BCUT2D eigenvalue weighted by atomic mass is 9.77. The number of methoxy groups -OCH3 is 1. The summed E-state index contributed by atoms with van der Waals surface area (Å²) in [6, 6.07) is 9.88. The molecular formula is C27H26BrFN4O5. The number of oxazole rings is 1. The van der Waals surface area contributed by atoms with Crippen LogP contribution in [0.2, 0.25) is 0 Å². The van der Waals surface area contributed by atoms with E-state index in [1.54, 1.807) is 26.3 Å². The molecular weight excluding hydrogens is 559 g/mol. The van der Waals surface area contributed by atoms with Crippen molar-refractivity contribution in [1.82, 2.24) is 19.7 Å². The Kier molecular flexibility index (Phi) is 7.31. The van der Waals surface area contributed by atoms with E-state index in [4.69, 9.17) is 18.9 Å². The van der Waals surface area contributed by atoms with Crippen molar-refractivity contribution in [2.75, 3.05) is 7.11 Å². The smallest absolute Gasteiger partial charge is 0.356 e. The molecule has 4 aromatic rings. The number of benzene rings is 2. The van der Waals surface area contributed by atoms with Gasteiger partial charge < -0.3 is 13.7 Å². The first-order valence-electron chi connectivity index (χ1n) is 12.2. The first-order valence-corrected chi connectivity index (χ1v) is 13.0. The van der Waals surface area contributed by atoms with E-state index in [0.29, 0.717) is 58.5 Å². The molecule has 1 aliphatic heterocycles. The molecule has 0 amide bonds. The Hall–Kier alpha value is -3.57. The molecule has 198 valence electrons. The normalized spacial score (nSPS) is 16.8. The average molecular weight is 585 g/mol. The van der Waals surface area contributed by atoms with Crippen LogP contribution in [0.4, 0.5) is 4.39 Å². The second-order valence-electron chi connectivity index (χ2n) is 9.07. The molecule has 0 saturated carbocycles. The first-order chi connectivity index (χ1) is 18.4. The maximum Gasteiger partial charge on any atom is 0.356 e. The molecule has 2 aromatic carbocycles. The molecule has 9 nitrogen and oxygen atoms in total. The summed E-state index contributed by atoms with van der Waals surface area (Å²) >= 11 is 3.35. The standard InChI is InChI=1S/C27H26BrFN4O5/c1-4-27(26(34)38-36-15-18-12-19(29)7-9-21(18)28)10-5-11-33-24(31-32-25(27)33)17-6-8-20(22(13-17)35-3)23-14-30-16(2)37-23/h6-9,12-14H,4-5,10-11,15H2,1-3H3. The monoisotopic (exact) mass is 584 g/mol. The maximum absolute atomic E-state index is 13.6. The second kappa shape index (κ2) is 10.7. The van der Waals surface area contributed by atoms with E-state index in [1.807, 2.05) is 29.7 Å². The molecule has 0 aliphatic carbocycles. The zero-order chi connectivity index (χ0) is 26.9. The van der Waals surface area contributed by atoms with E-state index in [2.05, 4.69) is 31.1 Å². The van der Waals surface area contributed by atoms with Gasteiger partial charge in [0.15, 0.2) is 23.3 Å². The van der Waals surface area contributed by atoms with Gasteiger partial charge >= 0.3 is 5.97 Å². The van der Waals surface area contributed by atoms with Gasteiger partial charge in [-0.2, -0.15) is 4.89 Å². The number of carbonyl (C=O) groups excluding carboxylic acids is 1. The molecule has 0 N–H and O–H groups in total. The van der Waals surface area contributed by atoms with E-state index in [-0.39, 0.29) is 6.61 Å². The summed E-state index contributed by atoms with van der Waals surface area (Å²) in [6.45, 7) is 4.24. The molecule has 0 radical (unpaired) electrons. The molecule has 0 bridgehead atoms. The lowest BCUT2D eigenvalue weighted by Crippen LogP contribution is -2.42. The zero-order valence-corrected chi connectivity index (χ0v) is 22.7. The molecule has 1 unspecified atom stereocenters. The number of carbonyl (C=O) groups is 1. The highest BCUT2D eigenvalue weighted by molar-refractivity contribution is 9.10. The molecule has 5 rings (SSSR count). The van der Waals surface area contributed by atoms with Gasteiger partial charge in [0.1, 0.15) is 23.6 Å². The summed E-state index contributed by atoms with van der Waals surface area (Å²) in [7, 11) is 1.59. The topological polar surface area (TPSA) is 102 Å². The van der Waals surface area contributed by atoms with Gasteiger partial charge in [-0.15, -0.1) is 10.2 Å². The predicted octanol–water partition coefficient (Wildman–Crippen LogP) is 5.94. The van der Waals surface area contributed by atoms with Crippen LogP contribution >= 0.6 is 15.9 Å². The Bertz CT molecular complexity index is 1490. The van der Waals surface area contributed by atoms with Crippen LogP contribution in [0.15, 0.2) is 51.5 Å². The molecule has 11 heteroatoms. The molecule has 0 spiro atoms. The van der Waals surface area contributed by atoms with Gasteiger partial charge in [0.05, 0.1) is 18.9 Å². The fourth-order valence-corrected chi connectivity index (χ4v) is 5.17. The largest absolute Gasteiger partial charge is 0.496 e. The van der Waals surface area contributed by atoms with E-state index in [1.165, 1.54) is 12.1 Å². The molecule has 38 heavy (non-hydrogen) atoms. The first kappa shape index (κ1) is 26.1. The number of hydrogen-bond acceptors (Lipinski definition) is 8. The van der Waals surface area contributed by atoms with Crippen molar-refractivity contribution in [3.63, 3.8) is 0 Å². The van der Waals surface area contributed by atoms with Crippen molar-refractivity contribution in [2.24, 2.45) is 0 Å². The third kappa shape index (κ3) is 4.71. The molecule has 0 fully saturated rings. The molecule has 1 aliphatic rings. The lowest BCUT2D eigenvalue weighted by Gasteiger charge is -2.33. The van der Waals surface area contributed by atoms with Crippen molar-refractivity contribution >= 4 is 21.9 Å². The Morgan fingerprint density at radius 1 is 1.24 bits per heavy atom. The average Bonchev–Trinajstić information content (AvgIpc) is 3.56. The third-order valence-corrected chi connectivity index (χ3v) is 7.64. The number of hydrogen-bond donors (Lipinski definition) is 0. The van der Waals surface area contributed by atoms with Crippen molar-refractivity contribution in [3.8, 4) is 28.5 Å². The number of aromatic nitrogens is 4. The summed E-state index contributed by atoms with van der Waals surface area (Å²) in [5, 5.41) is 8.89. The van der Waals surface area contributed by atoms with Crippen LogP contribution in [0.5, 0.6) is 5.75 Å². The van der Waals surface area contributed by atoms with Gasteiger partial charge in [0.2, 0.25) is 0 Å². The zero-order valence-electron chi connectivity index (χ0n) is 21.2. The van der Waals surface area contributed by atoms with Crippen molar-refractivity contribution in [2.45, 2.75) is 51.7 Å². The van der Waals surface area contributed by atoms with Crippen LogP contribution in [-0.4, -0.2) is 32.8 Å². The number of ether oxygens (including phenoxy) is 1. The minimum atomic E-state index is -1.02. The number of halogens is 2. The van der Waals surface area contributed by atoms with Crippen molar-refractivity contribution in [3.05, 3.63) is 70.2 Å². The van der Waals surface area contributed by atoms with E-state index in [0.717, 1.165) is 17.5 Å².